The first kappa shape index (κ1) is 24.5. The average Bonchev–Trinajstić information content (AvgIpc) is 3.51. The lowest BCUT2D eigenvalue weighted by Gasteiger charge is -2.17. The first-order chi connectivity index (χ1) is 16.9. The van der Waals surface area contributed by atoms with Gasteiger partial charge in [-0.2, -0.15) is 9.61 Å². The van der Waals surface area contributed by atoms with Gasteiger partial charge < -0.3 is 15.2 Å². The summed E-state index contributed by atoms with van der Waals surface area (Å²) in [7, 11) is 2.18. The molecule has 0 amide bonds. The van der Waals surface area contributed by atoms with Gasteiger partial charge >= 0.3 is 0 Å². The molecule has 0 aliphatic heterocycles. The highest BCUT2D eigenvalue weighted by Crippen LogP contribution is 2.26. The maximum absolute atomic E-state index is 4.90. The molecule has 0 bridgehead atoms. The minimum Gasteiger partial charge on any atom is -0.370 e. The zero-order valence-corrected chi connectivity index (χ0v) is 21.5. The van der Waals surface area contributed by atoms with Gasteiger partial charge in [0.15, 0.2) is 5.65 Å². The lowest BCUT2D eigenvalue weighted by molar-refractivity contribution is 0.360. The van der Waals surface area contributed by atoms with Crippen molar-refractivity contribution in [2.24, 2.45) is 0 Å². The van der Waals surface area contributed by atoms with Crippen LogP contribution in [0.5, 0.6) is 0 Å². The molecule has 4 aromatic rings. The number of hydrogen-bond acceptors (Lipinski definition) is 4. The molecule has 3 heterocycles. The molecule has 0 aliphatic rings. The van der Waals surface area contributed by atoms with Gasteiger partial charge in [-0.15, -0.1) is 0 Å². The molecule has 0 aliphatic carbocycles. The van der Waals surface area contributed by atoms with E-state index in [-0.39, 0.29) is 0 Å². The quantitative estimate of drug-likeness (QED) is 0.217. The normalized spacial score (nSPS) is 12.6. The summed E-state index contributed by atoms with van der Waals surface area (Å²) in [6.45, 7) is 11.3. The van der Waals surface area contributed by atoms with Gasteiger partial charge in [0.25, 0.3) is 0 Å². The van der Waals surface area contributed by atoms with Crippen molar-refractivity contribution < 1.29 is 0 Å². The second-order valence-electron chi connectivity index (χ2n) is 9.37. The lowest BCUT2D eigenvalue weighted by atomic mass is 10.1. The number of nitrogens with zero attached hydrogens (tertiary/aromatic N) is 4. The Bertz CT molecular complexity index is 1330. The molecule has 0 unspecified atom stereocenters. The molecular weight excluding hydrogens is 432 g/mol. The molecule has 2 N–H and O–H groups in total. The maximum Gasteiger partial charge on any atom is 0.160 e. The van der Waals surface area contributed by atoms with Gasteiger partial charge in [0.2, 0.25) is 0 Å². The molecule has 0 saturated carbocycles. The zero-order valence-electron chi connectivity index (χ0n) is 21.5. The van der Waals surface area contributed by atoms with E-state index >= 15 is 0 Å². The van der Waals surface area contributed by atoms with Gasteiger partial charge in [0.1, 0.15) is 5.82 Å². The highest BCUT2D eigenvalue weighted by molar-refractivity contribution is 5.70. The van der Waals surface area contributed by atoms with Gasteiger partial charge in [-0.25, -0.2) is 4.98 Å². The summed E-state index contributed by atoms with van der Waals surface area (Å²) in [6.07, 6.45) is 9.27. The summed E-state index contributed by atoms with van der Waals surface area (Å²) >= 11 is 0. The molecular formula is C29H36N6. The second-order valence-corrected chi connectivity index (χ2v) is 9.37. The molecule has 0 atom stereocenters. The Hall–Kier alpha value is -3.64. The van der Waals surface area contributed by atoms with E-state index in [1.807, 2.05) is 23.0 Å². The third-order valence-electron chi connectivity index (χ3n) is 6.25. The first-order valence-electron chi connectivity index (χ1n) is 12.2. The van der Waals surface area contributed by atoms with Crippen LogP contribution in [-0.4, -0.2) is 51.2 Å². The van der Waals surface area contributed by atoms with Crippen LogP contribution in [0.2, 0.25) is 0 Å². The van der Waals surface area contributed by atoms with Crippen LogP contribution in [0.25, 0.3) is 22.5 Å². The van der Waals surface area contributed by atoms with Crippen molar-refractivity contribution >= 4 is 17.0 Å². The molecule has 4 rings (SSSR count). The van der Waals surface area contributed by atoms with Crippen molar-refractivity contribution in [1.82, 2.24) is 24.5 Å². The number of rotatable bonds is 10. The van der Waals surface area contributed by atoms with Crippen LogP contribution in [-0.2, 0) is 0 Å². The molecule has 182 valence electrons. The topological polar surface area (TPSA) is 61.2 Å². The van der Waals surface area contributed by atoms with E-state index in [4.69, 9.17) is 4.98 Å². The highest BCUT2D eigenvalue weighted by atomic mass is 15.3. The number of anilines is 1. The summed E-state index contributed by atoms with van der Waals surface area (Å²) in [4.78, 5) is 10.5. The molecule has 0 saturated heterocycles. The van der Waals surface area contributed by atoms with Crippen LogP contribution in [0, 0.1) is 13.8 Å². The first-order valence-corrected chi connectivity index (χ1v) is 12.2. The summed E-state index contributed by atoms with van der Waals surface area (Å²) < 4.78 is 1.91. The van der Waals surface area contributed by atoms with Crippen molar-refractivity contribution in [1.29, 1.82) is 0 Å². The third-order valence-corrected chi connectivity index (χ3v) is 6.25. The fourth-order valence-electron chi connectivity index (χ4n) is 4.25. The Morgan fingerprint density at radius 3 is 2.69 bits per heavy atom. The average molecular weight is 469 g/mol. The predicted octanol–water partition coefficient (Wildman–Crippen LogP) is 6.12. The molecule has 0 fully saturated rings. The number of benzene rings is 1. The Balaban J connectivity index is 1.35. The number of hydrogen-bond donors (Lipinski definition) is 2. The molecule has 6 heteroatoms. The summed E-state index contributed by atoms with van der Waals surface area (Å²) in [5, 5.41) is 8.15. The van der Waals surface area contributed by atoms with Crippen molar-refractivity contribution in [3.63, 3.8) is 0 Å². The molecule has 0 radical (unpaired) electrons. The molecule has 35 heavy (non-hydrogen) atoms. The van der Waals surface area contributed by atoms with Crippen LogP contribution < -0.4 is 5.32 Å². The fraction of sp³-hybridized carbons (Fsp3) is 0.310. The molecule has 3 aromatic heterocycles. The van der Waals surface area contributed by atoms with Gasteiger partial charge in [-0.1, -0.05) is 42.0 Å². The van der Waals surface area contributed by atoms with Crippen molar-refractivity contribution in [2.45, 2.75) is 34.1 Å². The number of aryl methyl sites for hydroxylation is 2. The van der Waals surface area contributed by atoms with Crippen LogP contribution in [0.15, 0.2) is 72.6 Å². The highest BCUT2D eigenvalue weighted by Gasteiger charge is 2.12. The van der Waals surface area contributed by atoms with Crippen LogP contribution in [0.3, 0.4) is 0 Å². The summed E-state index contributed by atoms with van der Waals surface area (Å²) in [5.41, 5.74) is 9.07. The lowest BCUT2D eigenvalue weighted by Crippen LogP contribution is -2.23. The number of aromatic amines is 1. The van der Waals surface area contributed by atoms with Crippen LogP contribution in [0.1, 0.15) is 37.1 Å². The van der Waals surface area contributed by atoms with E-state index in [0.29, 0.717) is 0 Å². The van der Waals surface area contributed by atoms with Crippen molar-refractivity contribution in [2.75, 3.05) is 32.0 Å². The number of likely N-dealkylation sites (N-methyl/N-ethyl adjacent to an activating group) is 1. The van der Waals surface area contributed by atoms with Crippen molar-refractivity contribution in [3.8, 4) is 11.3 Å². The number of nitrogens with one attached hydrogen (secondary N) is 2. The van der Waals surface area contributed by atoms with E-state index in [2.05, 4.69) is 104 Å². The van der Waals surface area contributed by atoms with Gasteiger partial charge in [-0.05, 0) is 71.0 Å². The zero-order chi connectivity index (χ0) is 24.8. The van der Waals surface area contributed by atoms with Crippen LogP contribution in [0.4, 0.5) is 5.82 Å². The SMILES string of the molecule is C/C(=C\C=C(/C)c1ccc[nH]1)CN(C)CCCNc1cc(-c2ccccc2C)nc2c(C)cnn12. The number of aromatic nitrogens is 4. The third kappa shape index (κ3) is 6.08. The number of fused-ring (bicyclic) bond motifs is 1. The summed E-state index contributed by atoms with van der Waals surface area (Å²) in [6, 6.07) is 14.6. The Labute approximate surface area is 208 Å². The Kier molecular flexibility index (Phi) is 7.83. The van der Waals surface area contributed by atoms with Crippen molar-refractivity contribution in [3.05, 3.63) is 89.4 Å². The van der Waals surface area contributed by atoms with Gasteiger partial charge in [-0.3, -0.25) is 0 Å². The van der Waals surface area contributed by atoms with Gasteiger partial charge in [0, 0.05) is 42.2 Å². The van der Waals surface area contributed by atoms with E-state index in [1.165, 1.54) is 16.7 Å². The number of H-pyrrole nitrogens is 1. The number of allylic oxidation sites excluding steroid dienone is 3. The van der Waals surface area contributed by atoms with E-state index in [0.717, 1.165) is 60.0 Å². The standard InChI is InChI=1S/C29H36N6/c1-21(13-14-23(3)26-12-8-15-30-26)20-34(5)17-9-16-31-28-18-27(25-11-7-6-10-22(25)2)33-29-24(4)19-32-35(28)29/h6-8,10-15,18-19,30-31H,9,16-17,20H2,1-5H3/b21-13+,23-14+. The maximum atomic E-state index is 4.90. The monoisotopic (exact) mass is 468 g/mol. The van der Waals surface area contributed by atoms with E-state index < -0.39 is 0 Å². The Morgan fingerprint density at radius 2 is 1.91 bits per heavy atom. The molecule has 6 nitrogen and oxygen atoms in total. The predicted molar refractivity (Wildman–Crippen MR) is 147 cm³/mol. The smallest absolute Gasteiger partial charge is 0.160 e. The second kappa shape index (κ2) is 11.2. The summed E-state index contributed by atoms with van der Waals surface area (Å²) in [5.74, 6) is 0.977. The minimum absolute atomic E-state index is 0.865. The Morgan fingerprint density at radius 1 is 1.09 bits per heavy atom. The van der Waals surface area contributed by atoms with Gasteiger partial charge in [0.05, 0.1) is 11.9 Å². The van der Waals surface area contributed by atoms with E-state index in [9.17, 15) is 0 Å². The largest absolute Gasteiger partial charge is 0.370 e. The van der Waals surface area contributed by atoms with Crippen LogP contribution >= 0.6 is 0 Å². The van der Waals surface area contributed by atoms with E-state index in [1.54, 1.807) is 0 Å². The fourth-order valence-corrected chi connectivity index (χ4v) is 4.25. The molecule has 1 aromatic carbocycles. The minimum atomic E-state index is 0.865. The molecule has 0 spiro atoms.